The maximum absolute atomic E-state index is 4.58. The lowest BCUT2D eigenvalue weighted by Gasteiger charge is -2.28. The molecule has 1 saturated heterocycles. The van der Waals surface area contributed by atoms with Gasteiger partial charge in [0.05, 0.1) is 0 Å². The second-order valence-electron chi connectivity index (χ2n) is 5.71. The van der Waals surface area contributed by atoms with E-state index in [1.807, 2.05) is 13.2 Å². The Kier molecular flexibility index (Phi) is 4.77. The van der Waals surface area contributed by atoms with Crippen LogP contribution in [-0.2, 0) is 0 Å². The number of rotatable bonds is 5. The van der Waals surface area contributed by atoms with Crippen molar-refractivity contribution in [3.8, 4) is 0 Å². The normalized spacial score (nSPS) is 21.1. The van der Waals surface area contributed by atoms with Crippen LogP contribution in [-0.4, -0.2) is 50.2 Å². The maximum atomic E-state index is 4.58. The second kappa shape index (κ2) is 6.35. The van der Waals surface area contributed by atoms with Gasteiger partial charge in [-0.05, 0) is 58.6 Å². The van der Waals surface area contributed by atoms with Crippen molar-refractivity contribution in [1.82, 2.24) is 15.2 Å². The Morgan fingerprint density at radius 1 is 1.53 bits per heavy atom. The fraction of sp³-hybridized carbons (Fsp3) is 0.667. The standard InChI is InChI=1S/C15H26N4/c1-12(16-2)13-7-8-17-15(10-13)19-9-5-6-14(19)11-18(3)4/h7-8,10,12,14,16H,5-6,9,11H2,1-4H3. The van der Waals surface area contributed by atoms with Gasteiger partial charge in [-0.25, -0.2) is 4.98 Å². The summed E-state index contributed by atoms with van der Waals surface area (Å²) in [4.78, 5) is 9.31. The number of nitrogens with one attached hydrogen (secondary N) is 1. The molecule has 1 aromatic heterocycles. The van der Waals surface area contributed by atoms with E-state index >= 15 is 0 Å². The number of hydrogen-bond donors (Lipinski definition) is 1. The van der Waals surface area contributed by atoms with Crippen LogP contribution in [0, 0.1) is 0 Å². The quantitative estimate of drug-likeness (QED) is 0.878. The molecule has 1 aliphatic rings. The van der Waals surface area contributed by atoms with Crippen molar-refractivity contribution in [3.05, 3.63) is 23.9 Å². The predicted molar refractivity (Wildman–Crippen MR) is 80.6 cm³/mol. The van der Waals surface area contributed by atoms with Crippen molar-refractivity contribution in [2.45, 2.75) is 31.8 Å². The van der Waals surface area contributed by atoms with Crippen LogP contribution >= 0.6 is 0 Å². The Hall–Kier alpha value is -1.13. The molecule has 19 heavy (non-hydrogen) atoms. The molecule has 0 spiro atoms. The monoisotopic (exact) mass is 262 g/mol. The van der Waals surface area contributed by atoms with Crippen LogP contribution in [0.15, 0.2) is 18.3 Å². The van der Waals surface area contributed by atoms with E-state index in [-0.39, 0.29) is 0 Å². The molecule has 4 nitrogen and oxygen atoms in total. The molecule has 2 heterocycles. The molecule has 106 valence electrons. The van der Waals surface area contributed by atoms with Gasteiger partial charge in [0.15, 0.2) is 0 Å². The summed E-state index contributed by atoms with van der Waals surface area (Å²) in [6.07, 6.45) is 4.47. The SMILES string of the molecule is CNC(C)c1ccnc(N2CCCC2CN(C)C)c1. The lowest BCUT2D eigenvalue weighted by molar-refractivity contribution is 0.371. The summed E-state index contributed by atoms with van der Waals surface area (Å²) in [6, 6.07) is 5.30. The van der Waals surface area contributed by atoms with Gasteiger partial charge in [0.25, 0.3) is 0 Å². The topological polar surface area (TPSA) is 31.4 Å². The summed E-state index contributed by atoms with van der Waals surface area (Å²) >= 11 is 0. The molecule has 1 fully saturated rings. The zero-order chi connectivity index (χ0) is 13.8. The molecule has 0 aliphatic carbocycles. The van der Waals surface area contributed by atoms with Gasteiger partial charge in [-0.2, -0.15) is 0 Å². The van der Waals surface area contributed by atoms with Crippen LogP contribution < -0.4 is 10.2 Å². The minimum Gasteiger partial charge on any atom is -0.352 e. The molecule has 1 N–H and O–H groups in total. The zero-order valence-corrected chi connectivity index (χ0v) is 12.6. The van der Waals surface area contributed by atoms with Crippen LogP contribution in [0.25, 0.3) is 0 Å². The first-order chi connectivity index (χ1) is 9.11. The molecule has 0 radical (unpaired) electrons. The molecule has 2 unspecified atom stereocenters. The van der Waals surface area contributed by atoms with Gasteiger partial charge in [-0.1, -0.05) is 0 Å². The molecule has 2 atom stereocenters. The molecule has 0 amide bonds. The third kappa shape index (κ3) is 3.45. The van der Waals surface area contributed by atoms with E-state index in [1.165, 1.54) is 18.4 Å². The molecule has 2 rings (SSSR count). The van der Waals surface area contributed by atoms with E-state index in [2.05, 4.69) is 53.3 Å². The zero-order valence-electron chi connectivity index (χ0n) is 12.6. The minimum absolute atomic E-state index is 0.372. The summed E-state index contributed by atoms with van der Waals surface area (Å²) < 4.78 is 0. The Bertz CT molecular complexity index is 405. The van der Waals surface area contributed by atoms with Crippen LogP contribution in [0.5, 0.6) is 0 Å². The van der Waals surface area contributed by atoms with Crippen LogP contribution in [0.1, 0.15) is 31.4 Å². The first-order valence-electron chi connectivity index (χ1n) is 7.16. The van der Waals surface area contributed by atoms with Crippen LogP contribution in [0.4, 0.5) is 5.82 Å². The van der Waals surface area contributed by atoms with E-state index in [0.717, 1.165) is 18.9 Å². The number of aromatic nitrogens is 1. The number of anilines is 1. The molecule has 1 aromatic rings. The lowest BCUT2D eigenvalue weighted by Crippen LogP contribution is -2.38. The van der Waals surface area contributed by atoms with Crippen molar-refractivity contribution in [1.29, 1.82) is 0 Å². The molecule has 1 aliphatic heterocycles. The average molecular weight is 262 g/mol. The minimum atomic E-state index is 0.372. The van der Waals surface area contributed by atoms with Gasteiger partial charge in [0.1, 0.15) is 5.82 Å². The van der Waals surface area contributed by atoms with Crippen molar-refractivity contribution < 1.29 is 0 Å². The number of pyridine rings is 1. The molecule has 0 saturated carbocycles. The molecule has 0 bridgehead atoms. The van der Waals surface area contributed by atoms with Crippen LogP contribution in [0.2, 0.25) is 0 Å². The smallest absolute Gasteiger partial charge is 0.129 e. The Labute approximate surface area is 116 Å². The lowest BCUT2D eigenvalue weighted by atomic mass is 10.1. The van der Waals surface area contributed by atoms with E-state index in [1.54, 1.807) is 0 Å². The summed E-state index contributed by atoms with van der Waals surface area (Å²) in [5.74, 6) is 1.13. The maximum Gasteiger partial charge on any atom is 0.129 e. The van der Waals surface area contributed by atoms with Gasteiger partial charge in [0.2, 0.25) is 0 Å². The van der Waals surface area contributed by atoms with Crippen molar-refractivity contribution in [3.63, 3.8) is 0 Å². The fourth-order valence-electron chi connectivity index (χ4n) is 2.78. The number of nitrogens with zero attached hydrogens (tertiary/aromatic N) is 3. The van der Waals surface area contributed by atoms with Gasteiger partial charge in [-0.3, -0.25) is 0 Å². The predicted octanol–water partition coefficient (Wildman–Crippen LogP) is 1.89. The van der Waals surface area contributed by atoms with Crippen molar-refractivity contribution in [2.24, 2.45) is 0 Å². The largest absolute Gasteiger partial charge is 0.352 e. The highest BCUT2D eigenvalue weighted by molar-refractivity contribution is 5.44. The third-order valence-electron chi connectivity index (χ3n) is 3.95. The fourth-order valence-corrected chi connectivity index (χ4v) is 2.78. The van der Waals surface area contributed by atoms with E-state index in [4.69, 9.17) is 0 Å². The first-order valence-corrected chi connectivity index (χ1v) is 7.16. The number of hydrogen-bond acceptors (Lipinski definition) is 4. The first kappa shape index (κ1) is 14.3. The van der Waals surface area contributed by atoms with Gasteiger partial charge < -0.3 is 15.1 Å². The second-order valence-corrected chi connectivity index (χ2v) is 5.71. The summed E-state index contributed by atoms with van der Waals surface area (Å²) in [5, 5.41) is 3.29. The van der Waals surface area contributed by atoms with Crippen molar-refractivity contribution in [2.75, 3.05) is 39.1 Å². The highest BCUT2D eigenvalue weighted by atomic mass is 15.3. The summed E-state index contributed by atoms with van der Waals surface area (Å²) in [7, 11) is 6.28. The molecule has 0 aromatic carbocycles. The Morgan fingerprint density at radius 2 is 2.32 bits per heavy atom. The highest BCUT2D eigenvalue weighted by Gasteiger charge is 2.26. The highest BCUT2D eigenvalue weighted by Crippen LogP contribution is 2.26. The average Bonchev–Trinajstić information content (AvgIpc) is 2.85. The molecular formula is C15H26N4. The van der Waals surface area contributed by atoms with Gasteiger partial charge >= 0.3 is 0 Å². The van der Waals surface area contributed by atoms with Crippen molar-refractivity contribution >= 4 is 5.82 Å². The van der Waals surface area contributed by atoms with Gasteiger partial charge in [0, 0.05) is 31.4 Å². The van der Waals surface area contributed by atoms with Crippen LogP contribution in [0.3, 0.4) is 0 Å². The Balaban J connectivity index is 2.16. The number of likely N-dealkylation sites (N-methyl/N-ethyl adjacent to an activating group) is 1. The third-order valence-corrected chi connectivity index (χ3v) is 3.95. The van der Waals surface area contributed by atoms with Gasteiger partial charge in [-0.15, -0.1) is 0 Å². The molecular weight excluding hydrogens is 236 g/mol. The van der Waals surface area contributed by atoms with E-state index in [9.17, 15) is 0 Å². The summed E-state index contributed by atoms with van der Waals surface area (Å²) in [5.41, 5.74) is 1.31. The summed E-state index contributed by atoms with van der Waals surface area (Å²) in [6.45, 7) is 4.41. The van der Waals surface area contributed by atoms with E-state index in [0.29, 0.717) is 12.1 Å². The van der Waals surface area contributed by atoms with E-state index < -0.39 is 0 Å². The Morgan fingerprint density at radius 3 is 3.00 bits per heavy atom. The molecule has 4 heteroatoms.